The SMILES string of the molecule is O=C(NCc1cccnc1)c1ccccc1OCc1ccc(COc2ccccc2C(=O)NCc2cccnc2)c2ccccc12. The van der Waals surface area contributed by atoms with E-state index >= 15 is 0 Å². The lowest BCUT2D eigenvalue weighted by Crippen LogP contribution is -2.23. The zero-order valence-corrected chi connectivity index (χ0v) is 25.1. The number of amides is 2. The van der Waals surface area contributed by atoms with Gasteiger partial charge in [0, 0.05) is 37.9 Å². The molecule has 46 heavy (non-hydrogen) atoms. The summed E-state index contributed by atoms with van der Waals surface area (Å²) in [6, 6.07) is 34.0. The summed E-state index contributed by atoms with van der Waals surface area (Å²) in [5.41, 5.74) is 4.70. The van der Waals surface area contributed by atoms with E-state index in [2.05, 4.69) is 20.6 Å². The average molecular weight is 609 g/mol. The van der Waals surface area contributed by atoms with E-state index in [0.717, 1.165) is 33.0 Å². The Morgan fingerprint density at radius 3 is 1.39 bits per heavy atom. The second kappa shape index (κ2) is 14.6. The second-order valence-corrected chi connectivity index (χ2v) is 10.6. The summed E-state index contributed by atoms with van der Waals surface area (Å²) < 4.78 is 12.4. The van der Waals surface area contributed by atoms with Crippen LogP contribution in [-0.2, 0) is 26.3 Å². The Morgan fingerprint density at radius 2 is 0.957 bits per heavy atom. The number of rotatable bonds is 12. The Morgan fingerprint density at radius 1 is 0.522 bits per heavy atom. The number of nitrogens with zero attached hydrogens (tertiary/aromatic N) is 2. The van der Waals surface area contributed by atoms with E-state index in [1.54, 1.807) is 49.1 Å². The van der Waals surface area contributed by atoms with Crippen LogP contribution in [0.5, 0.6) is 11.5 Å². The van der Waals surface area contributed by atoms with Crippen LogP contribution in [0.15, 0.2) is 134 Å². The van der Waals surface area contributed by atoms with Gasteiger partial charge in [-0.1, -0.05) is 72.8 Å². The van der Waals surface area contributed by atoms with Gasteiger partial charge in [0.2, 0.25) is 0 Å². The van der Waals surface area contributed by atoms with Crippen LogP contribution >= 0.6 is 0 Å². The highest BCUT2D eigenvalue weighted by Gasteiger charge is 2.15. The lowest BCUT2D eigenvalue weighted by molar-refractivity contribution is 0.0938. The molecule has 0 fully saturated rings. The summed E-state index contributed by atoms with van der Waals surface area (Å²) in [5, 5.41) is 7.92. The topological polar surface area (TPSA) is 102 Å². The van der Waals surface area contributed by atoms with Crippen molar-refractivity contribution < 1.29 is 19.1 Å². The number of aromatic nitrogens is 2. The summed E-state index contributed by atoms with van der Waals surface area (Å²) in [4.78, 5) is 34.2. The van der Waals surface area contributed by atoms with Crippen molar-refractivity contribution in [1.29, 1.82) is 0 Å². The minimum Gasteiger partial charge on any atom is -0.488 e. The van der Waals surface area contributed by atoms with Gasteiger partial charge in [0.25, 0.3) is 11.8 Å². The van der Waals surface area contributed by atoms with Crippen molar-refractivity contribution in [3.8, 4) is 11.5 Å². The molecule has 8 heteroatoms. The van der Waals surface area contributed by atoms with E-state index in [9.17, 15) is 9.59 Å². The fraction of sp³-hybridized carbons (Fsp3) is 0.105. The molecule has 4 aromatic carbocycles. The first-order valence-electron chi connectivity index (χ1n) is 14.9. The molecule has 0 unspecified atom stereocenters. The van der Waals surface area contributed by atoms with Crippen LogP contribution in [0.3, 0.4) is 0 Å². The van der Waals surface area contributed by atoms with E-state index in [1.807, 2.05) is 84.9 Å². The summed E-state index contributed by atoms with van der Waals surface area (Å²) >= 11 is 0. The molecule has 2 heterocycles. The molecule has 0 aliphatic carbocycles. The van der Waals surface area contributed by atoms with Crippen LogP contribution in [0, 0.1) is 0 Å². The zero-order valence-electron chi connectivity index (χ0n) is 25.1. The minimum absolute atomic E-state index is 0.220. The largest absolute Gasteiger partial charge is 0.488 e. The predicted molar refractivity (Wildman–Crippen MR) is 176 cm³/mol. The Labute approximate surface area is 267 Å². The molecule has 0 radical (unpaired) electrons. The maximum Gasteiger partial charge on any atom is 0.255 e. The van der Waals surface area contributed by atoms with Crippen molar-refractivity contribution in [2.24, 2.45) is 0 Å². The highest BCUT2D eigenvalue weighted by molar-refractivity contribution is 5.97. The van der Waals surface area contributed by atoms with E-state index in [4.69, 9.17) is 9.47 Å². The van der Waals surface area contributed by atoms with Gasteiger partial charge in [-0.2, -0.15) is 0 Å². The monoisotopic (exact) mass is 608 g/mol. The Hall–Kier alpha value is -6.02. The van der Waals surface area contributed by atoms with Crippen molar-refractivity contribution in [2.75, 3.05) is 0 Å². The van der Waals surface area contributed by atoms with E-state index in [1.165, 1.54) is 0 Å². The number of benzene rings is 4. The average Bonchev–Trinajstić information content (AvgIpc) is 3.12. The van der Waals surface area contributed by atoms with Gasteiger partial charge in [-0.3, -0.25) is 19.6 Å². The van der Waals surface area contributed by atoms with Crippen molar-refractivity contribution in [3.63, 3.8) is 0 Å². The summed E-state index contributed by atoms with van der Waals surface area (Å²) in [6.07, 6.45) is 6.85. The molecule has 0 saturated heterocycles. The molecule has 2 aromatic heterocycles. The van der Waals surface area contributed by atoms with Crippen LogP contribution < -0.4 is 20.1 Å². The molecular weight excluding hydrogens is 576 g/mol. The van der Waals surface area contributed by atoms with Gasteiger partial charge >= 0.3 is 0 Å². The Kier molecular flexibility index (Phi) is 9.55. The van der Waals surface area contributed by atoms with Crippen molar-refractivity contribution in [3.05, 3.63) is 167 Å². The van der Waals surface area contributed by atoms with Gasteiger partial charge < -0.3 is 20.1 Å². The first-order valence-corrected chi connectivity index (χ1v) is 14.9. The lowest BCUT2D eigenvalue weighted by Gasteiger charge is -2.16. The third kappa shape index (κ3) is 7.36. The van der Waals surface area contributed by atoms with Crippen molar-refractivity contribution in [1.82, 2.24) is 20.6 Å². The van der Waals surface area contributed by atoms with Crippen molar-refractivity contribution in [2.45, 2.75) is 26.3 Å². The molecule has 0 saturated carbocycles. The number of carbonyl (C=O) groups excluding carboxylic acids is 2. The van der Waals surface area contributed by atoms with E-state index in [-0.39, 0.29) is 25.0 Å². The maximum atomic E-state index is 13.0. The van der Waals surface area contributed by atoms with Gasteiger partial charge in [-0.05, 0) is 69.4 Å². The first-order chi connectivity index (χ1) is 22.7. The summed E-state index contributed by atoms with van der Waals surface area (Å²) in [5.74, 6) is 0.563. The number of carbonyl (C=O) groups is 2. The number of fused-ring (bicyclic) bond motifs is 1. The number of pyridine rings is 2. The van der Waals surface area contributed by atoms with E-state index in [0.29, 0.717) is 35.7 Å². The van der Waals surface area contributed by atoms with Gasteiger partial charge in [0.15, 0.2) is 0 Å². The third-order valence-electron chi connectivity index (χ3n) is 7.49. The highest BCUT2D eigenvalue weighted by Crippen LogP contribution is 2.27. The van der Waals surface area contributed by atoms with Gasteiger partial charge in [-0.25, -0.2) is 0 Å². The van der Waals surface area contributed by atoms with Crippen molar-refractivity contribution >= 4 is 22.6 Å². The standard InChI is InChI=1S/C38H32N4O4/c43-37(41-23-27-9-7-19-39-21-27)33-13-3-5-15-35(33)45-25-29-17-18-30(32-12-2-1-11-31(29)32)26-46-36-16-6-4-14-34(36)38(44)42-24-28-10-8-20-40-22-28/h1-22H,23-26H2,(H,41,43)(H,42,44). The fourth-order valence-corrected chi connectivity index (χ4v) is 5.11. The molecule has 8 nitrogen and oxygen atoms in total. The molecular formula is C38H32N4O4. The van der Waals surface area contributed by atoms with Gasteiger partial charge in [-0.15, -0.1) is 0 Å². The fourth-order valence-electron chi connectivity index (χ4n) is 5.11. The molecule has 6 rings (SSSR count). The molecule has 0 spiro atoms. The van der Waals surface area contributed by atoms with E-state index < -0.39 is 0 Å². The zero-order chi connectivity index (χ0) is 31.6. The number of hydrogen-bond donors (Lipinski definition) is 2. The lowest BCUT2D eigenvalue weighted by atomic mass is 10.00. The smallest absolute Gasteiger partial charge is 0.255 e. The normalized spacial score (nSPS) is 10.7. The van der Waals surface area contributed by atoms with Crippen LogP contribution in [0.1, 0.15) is 43.0 Å². The number of para-hydroxylation sites is 2. The minimum atomic E-state index is -0.220. The van der Waals surface area contributed by atoms with Crippen LogP contribution in [0.2, 0.25) is 0 Å². The molecule has 0 atom stereocenters. The molecule has 2 amide bonds. The highest BCUT2D eigenvalue weighted by atomic mass is 16.5. The molecule has 0 bridgehead atoms. The number of hydrogen-bond acceptors (Lipinski definition) is 6. The maximum absolute atomic E-state index is 13.0. The van der Waals surface area contributed by atoms with Crippen LogP contribution in [0.4, 0.5) is 0 Å². The molecule has 2 N–H and O–H groups in total. The number of nitrogens with one attached hydrogen (secondary N) is 2. The Balaban J connectivity index is 1.13. The predicted octanol–water partition coefficient (Wildman–Crippen LogP) is 6.65. The first kappa shape index (κ1) is 30.0. The summed E-state index contributed by atoms with van der Waals surface area (Å²) in [6.45, 7) is 1.29. The summed E-state index contributed by atoms with van der Waals surface area (Å²) in [7, 11) is 0. The van der Waals surface area contributed by atoms with Crippen LogP contribution in [0.25, 0.3) is 10.8 Å². The number of ether oxygens (including phenoxy) is 2. The molecule has 0 aliphatic rings. The molecule has 0 aliphatic heterocycles. The quantitative estimate of drug-likeness (QED) is 0.161. The second-order valence-electron chi connectivity index (χ2n) is 10.6. The molecule has 6 aromatic rings. The third-order valence-corrected chi connectivity index (χ3v) is 7.49. The van der Waals surface area contributed by atoms with Gasteiger partial charge in [0.05, 0.1) is 11.1 Å². The van der Waals surface area contributed by atoms with Gasteiger partial charge in [0.1, 0.15) is 24.7 Å². The molecule has 228 valence electrons. The Bertz CT molecular complexity index is 1810. The van der Waals surface area contributed by atoms with Crippen LogP contribution in [-0.4, -0.2) is 21.8 Å².